The van der Waals surface area contributed by atoms with Gasteiger partial charge < -0.3 is 9.88 Å². The summed E-state index contributed by atoms with van der Waals surface area (Å²) in [6.45, 7) is 0.701. The number of aromatic amines is 1. The largest absolute Gasteiger partial charge is 0.332 e. The minimum atomic E-state index is -0.174. The Morgan fingerprint density at radius 1 is 1.14 bits per heavy atom. The maximum atomic E-state index is 13.0. The number of pyridine rings is 1. The van der Waals surface area contributed by atoms with E-state index < -0.39 is 0 Å². The second kappa shape index (κ2) is 7.12. The molecule has 8 nitrogen and oxygen atoms in total. The number of rotatable bonds is 4. The third-order valence-corrected chi connectivity index (χ3v) is 5.45. The van der Waals surface area contributed by atoms with Gasteiger partial charge in [-0.1, -0.05) is 18.2 Å². The van der Waals surface area contributed by atoms with Crippen LogP contribution in [0.25, 0.3) is 16.6 Å². The maximum absolute atomic E-state index is 13.0. The number of carbonyl (C=O) groups excluding carboxylic acids is 1. The number of H-pyrrole nitrogens is 1. The van der Waals surface area contributed by atoms with Gasteiger partial charge in [-0.2, -0.15) is 0 Å². The fraction of sp³-hybridized carbons (Fsp3) is 0.286. The van der Waals surface area contributed by atoms with Gasteiger partial charge >= 0.3 is 0 Å². The fourth-order valence-corrected chi connectivity index (χ4v) is 4.04. The van der Waals surface area contributed by atoms with E-state index in [0.717, 1.165) is 24.3 Å². The number of aromatic nitrogens is 5. The number of benzene rings is 1. The number of fused-ring (bicyclic) bond motifs is 2. The van der Waals surface area contributed by atoms with Crippen molar-refractivity contribution >= 4 is 22.5 Å². The average molecular weight is 388 g/mol. The lowest BCUT2D eigenvalue weighted by Crippen LogP contribution is -2.32. The number of carbonyl (C=O) groups is 1. The van der Waals surface area contributed by atoms with Crippen molar-refractivity contribution in [3.05, 3.63) is 70.7 Å². The van der Waals surface area contributed by atoms with E-state index in [1.54, 1.807) is 6.07 Å². The van der Waals surface area contributed by atoms with E-state index in [9.17, 15) is 9.59 Å². The molecule has 1 fully saturated rings. The van der Waals surface area contributed by atoms with Crippen molar-refractivity contribution < 1.29 is 4.79 Å². The molecule has 0 aliphatic carbocycles. The smallest absolute Gasteiger partial charge is 0.258 e. The minimum absolute atomic E-state index is 0.0380. The number of hydrogen-bond acceptors (Lipinski definition) is 5. The van der Waals surface area contributed by atoms with Crippen LogP contribution in [0.5, 0.6) is 0 Å². The first kappa shape index (κ1) is 17.5. The van der Waals surface area contributed by atoms with Crippen molar-refractivity contribution in [3.63, 3.8) is 0 Å². The van der Waals surface area contributed by atoms with Gasteiger partial charge in [0.1, 0.15) is 5.82 Å². The molecule has 1 atom stereocenters. The molecule has 1 aromatic carbocycles. The Kier molecular flexibility index (Phi) is 4.31. The molecule has 0 unspecified atom stereocenters. The highest BCUT2D eigenvalue weighted by Crippen LogP contribution is 2.31. The molecule has 3 aromatic heterocycles. The van der Waals surface area contributed by atoms with Crippen LogP contribution in [0, 0.1) is 0 Å². The van der Waals surface area contributed by atoms with Crippen LogP contribution in [0.2, 0.25) is 0 Å². The van der Waals surface area contributed by atoms with Crippen molar-refractivity contribution in [2.75, 3.05) is 6.54 Å². The van der Waals surface area contributed by atoms with Crippen LogP contribution in [-0.2, 0) is 11.2 Å². The molecular weight excluding hydrogens is 368 g/mol. The molecule has 0 spiro atoms. The summed E-state index contributed by atoms with van der Waals surface area (Å²) in [6.07, 6.45) is 4.41. The van der Waals surface area contributed by atoms with Gasteiger partial charge in [0, 0.05) is 25.6 Å². The SMILES string of the molecule is O=C(CCc1nc2ccccc2c(=O)[nH]1)N1CCC[C@H]1c1nnc2ccccn12. The zero-order chi connectivity index (χ0) is 19.8. The Morgan fingerprint density at radius 3 is 2.93 bits per heavy atom. The van der Waals surface area contributed by atoms with Crippen LogP contribution in [0.4, 0.5) is 0 Å². The minimum Gasteiger partial charge on any atom is -0.332 e. The molecule has 29 heavy (non-hydrogen) atoms. The molecule has 4 heterocycles. The number of hydrogen-bond donors (Lipinski definition) is 1. The number of aryl methyl sites for hydroxylation is 1. The summed E-state index contributed by atoms with van der Waals surface area (Å²) < 4.78 is 1.94. The van der Waals surface area contributed by atoms with Gasteiger partial charge in [-0.15, -0.1) is 10.2 Å². The molecule has 5 rings (SSSR count). The molecule has 1 saturated heterocycles. The molecule has 1 amide bonds. The first-order valence-electron chi connectivity index (χ1n) is 9.78. The Labute approximate surface area is 166 Å². The van der Waals surface area contributed by atoms with Crippen LogP contribution in [0.1, 0.15) is 37.0 Å². The van der Waals surface area contributed by atoms with E-state index in [-0.39, 0.29) is 23.9 Å². The zero-order valence-corrected chi connectivity index (χ0v) is 15.8. The van der Waals surface area contributed by atoms with Crippen LogP contribution >= 0.6 is 0 Å². The second-order valence-electron chi connectivity index (χ2n) is 7.26. The summed E-state index contributed by atoms with van der Waals surface area (Å²) in [5, 5.41) is 9.10. The topological polar surface area (TPSA) is 96.2 Å². The summed E-state index contributed by atoms with van der Waals surface area (Å²) in [5.74, 6) is 1.37. The summed E-state index contributed by atoms with van der Waals surface area (Å²) >= 11 is 0. The van der Waals surface area contributed by atoms with Crippen LogP contribution in [-0.4, -0.2) is 41.9 Å². The lowest BCUT2D eigenvalue weighted by Gasteiger charge is -2.23. The standard InChI is InChI=1S/C21H20N6O2/c28-19(11-10-17-22-15-7-2-1-6-14(15)21(29)23-17)26-13-5-8-16(26)20-25-24-18-9-3-4-12-27(18)20/h1-4,6-7,9,12,16H,5,8,10-11,13H2,(H,22,23,29)/t16-/m0/s1. The van der Waals surface area contributed by atoms with Gasteiger partial charge in [0.05, 0.1) is 16.9 Å². The quantitative estimate of drug-likeness (QED) is 0.578. The van der Waals surface area contributed by atoms with Crippen molar-refractivity contribution in [2.24, 2.45) is 0 Å². The van der Waals surface area contributed by atoms with Crippen LogP contribution < -0.4 is 5.56 Å². The monoisotopic (exact) mass is 388 g/mol. The van der Waals surface area contributed by atoms with E-state index in [2.05, 4.69) is 20.2 Å². The summed E-state index contributed by atoms with van der Waals surface area (Å²) in [6, 6.07) is 12.9. The average Bonchev–Trinajstić information content (AvgIpc) is 3.39. The third-order valence-electron chi connectivity index (χ3n) is 5.45. The summed E-state index contributed by atoms with van der Waals surface area (Å²) in [7, 11) is 0. The Bertz CT molecular complexity index is 1260. The molecular formula is C21H20N6O2. The van der Waals surface area contributed by atoms with Crippen molar-refractivity contribution in [2.45, 2.75) is 31.7 Å². The van der Waals surface area contributed by atoms with Crippen molar-refractivity contribution in [1.29, 1.82) is 0 Å². The van der Waals surface area contributed by atoms with E-state index in [0.29, 0.717) is 29.7 Å². The Morgan fingerprint density at radius 2 is 2.00 bits per heavy atom. The Hall–Kier alpha value is -3.55. The van der Waals surface area contributed by atoms with E-state index in [1.165, 1.54) is 0 Å². The molecule has 1 N–H and O–H groups in total. The third kappa shape index (κ3) is 3.16. The van der Waals surface area contributed by atoms with E-state index >= 15 is 0 Å². The molecule has 0 radical (unpaired) electrons. The van der Waals surface area contributed by atoms with Gasteiger partial charge in [-0.05, 0) is 37.1 Å². The maximum Gasteiger partial charge on any atom is 0.258 e. The molecule has 0 bridgehead atoms. The van der Waals surface area contributed by atoms with Gasteiger partial charge in [0.2, 0.25) is 5.91 Å². The van der Waals surface area contributed by atoms with Crippen LogP contribution in [0.15, 0.2) is 53.5 Å². The number of nitrogens with one attached hydrogen (secondary N) is 1. The van der Waals surface area contributed by atoms with Gasteiger partial charge in [0.15, 0.2) is 11.5 Å². The Balaban J connectivity index is 1.35. The lowest BCUT2D eigenvalue weighted by molar-refractivity contribution is -0.132. The number of nitrogens with zero attached hydrogens (tertiary/aromatic N) is 5. The first-order chi connectivity index (χ1) is 14.2. The highest BCUT2D eigenvalue weighted by molar-refractivity contribution is 5.78. The number of likely N-dealkylation sites (tertiary alicyclic amines) is 1. The van der Waals surface area contributed by atoms with Crippen molar-refractivity contribution in [3.8, 4) is 0 Å². The molecule has 1 aliphatic rings. The van der Waals surface area contributed by atoms with Gasteiger partial charge in [-0.3, -0.25) is 14.0 Å². The fourth-order valence-electron chi connectivity index (χ4n) is 4.04. The summed E-state index contributed by atoms with van der Waals surface area (Å²) in [4.78, 5) is 34.3. The second-order valence-corrected chi connectivity index (χ2v) is 7.26. The lowest BCUT2D eigenvalue weighted by atomic mass is 10.2. The number of para-hydroxylation sites is 1. The molecule has 4 aromatic rings. The predicted molar refractivity (Wildman–Crippen MR) is 107 cm³/mol. The first-order valence-corrected chi connectivity index (χ1v) is 9.78. The molecule has 8 heteroatoms. The molecule has 0 saturated carbocycles. The van der Waals surface area contributed by atoms with Crippen LogP contribution in [0.3, 0.4) is 0 Å². The normalized spacial score (nSPS) is 16.7. The molecule has 146 valence electrons. The highest BCUT2D eigenvalue weighted by Gasteiger charge is 2.32. The van der Waals surface area contributed by atoms with Crippen molar-refractivity contribution in [1.82, 2.24) is 29.5 Å². The van der Waals surface area contributed by atoms with Gasteiger partial charge in [-0.25, -0.2) is 4.98 Å². The van der Waals surface area contributed by atoms with E-state index in [4.69, 9.17) is 0 Å². The zero-order valence-electron chi connectivity index (χ0n) is 15.8. The predicted octanol–water partition coefficient (Wildman–Crippen LogP) is 2.26. The summed E-state index contributed by atoms with van der Waals surface area (Å²) in [5.41, 5.74) is 1.25. The number of amides is 1. The van der Waals surface area contributed by atoms with Gasteiger partial charge in [0.25, 0.3) is 5.56 Å². The molecule has 1 aliphatic heterocycles. The van der Waals surface area contributed by atoms with E-state index in [1.807, 2.05) is 51.9 Å². The highest BCUT2D eigenvalue weighted by atomic mass is 16.2.